The molecule has 110 valence electrons. The van der Waals surface area contributed by atoms with Gasteiger partial charge in [0.25, 0.3) is 5.91 Å². The molecule has 1 aromatic heterocycles. The maximum absolute atomic E-state index is 12.0. The number of nitrogens with one attached hydrogen (secondary N) is 2. The highest BCUT2D eigenvalue weighted by Crippen LogP contribution is 2.18. The maximum atomic E-state index is 12.0. The molecule has 0 atom stereocenters. The molecule has 1 aromatic rings. The van der Waals surface area contributed by atoms with Crippen LogP contribution in [0.4, 0.5) is 5.69 Å². The van der Waals surface area contributed by atoms with Crippen molar-refractivity contribution in [1.29, 1.82) is 0 Å². The van der Waals surface area contributed by atoms with Crippen LogP contribution in [-0.4, -0.2) is 42.5 Å². The second-order valence-corrected chi connectivity index (χ2v) is 5.37. The van der Waals surface area contributed by atoms with Gasteiger partial charge in [0, 0.05) is 12.7 Å². The highest BCUT2D eigenvalue weighted by molar-refractivity contribution is 5.93. The highest BCUT2D eigenvalue weighted by Gasteiger charge is 2.16. The Kier molecular flexibility index (Phi) is 5.31. The number of aromatic nitrogens is 1. The molecule has 0 bridgehead atoms. The molecule has 0 radical (unpaired) electrons. The number of carbonyl (C=O) groups excluding carboxylic acids is 1. The largest absolute Gasteiger partial charge is 0.351 e. The Balaban J connectivity index is 1.74. The van der Waals surface area contributed by atoms with Gasteiger partial charge in [0.1, 0.15) is 5.69 Å². The third-order valence-electron chi connectivity index (χ3n) is 3.84. The zero-order valence-corrected chi connectivity index (χ0v) is 11.9. The Morgan fingerprint density at radius 1 is 1.50 bits per heavy atom. The standard InChI is InChI=1S/C14H23N5O/c1-19-8-4-11(5-9-19)2-6-17-14(20)13-10-12(18-15)3-7-16-13/h3,7,10-11H,2,4-6,8-9,15H2,1H3,(H,16,18)(H,17,20). The van der Waals surface area contributed by atoms with Crippen molar-refractivity contribution < 1.29 is 4.79 Å². The van der Waals surface area contributed by atoms with Crippen LogP contribution in [-0.2, 0) is 0 Å². The van der Waals surface area contributed by atoms with E-state index in [-0.39, 0.29) is 5.91 Å². The molecule has 4 N–H and O–H groups in total. The van der Waals surface area contributed by atoms with E-state index in [9.17, 15) is 4.79 Å². The number of rotatable bonds is 5. The number of hydrazine groups is 1. The van der Waals surface area contributed by atoms with Crippen molar-refractivity contribution in [3.8, 4) is 0 Å². The lowest BCUT2D eigenvalue weighted by Gasteiger charge is -2.28. The fourth-order valence-electron chi connectivity index (χ4n) is 2.48. The van der Waals surface area contributed by atoms with Crippen LogP contribution in [0.15, 0.2) is 18.3 Å². The number of piperidine rings is 1. The number of hydrogen-bond donors (Lipinski definition) is 3. The van der Waals surface area contributed by atoms with Gasteiger partial charge in [0.05, 0.1) is 5.69 Å². The zero-order chi connectivity index (χ0) is 14.4. The lowest BCUT2D eigenvalue weighted by atomic mass is 9.94. The predicted octanol–water partition coefficient (Wildman–Crippen LogP) is 0.829. The van der Waals surface area contributed by atoms with Crippen LogP contribution >= 0.6 is 0 Å². The molecule has 0 aliphatic carbocycles. The molecule has 2 rings (SSSR count). The van der Waals surface area contributed by atoms with Crippen molar-refractivity contribution in [2.75, 3.05) is 32.1 Å². The summed E-state index contributed by atoms with van der Waals surface area (Å²) in [5.41, 5.74) is 3.58. The van der Waals surface area contributed by atoms with E-state index in [2.05, 4.69) is 27.7 Å². The minimum absolute atomic E-state index is 0.143. The van der Waals surface area contributed by atoms with E-state index < -0.39 is 0 Å². The highest BCUT2D eigenvalue weighted by atomic mass is 16.1. The van der Waals surface area contributed by atoms with E-state index in [1.165, 1.54) is 12.8 Å². The van der Waals surface area contributed by atoms with Gasteiger partial charge in [0.15, 0.2) is 0 Å². The molecule has 1 aliphatic rings. The average molecular weight is 277 g/mol. The molecule has 1 amide bonds. The topological polar surface area (TPSA) is 83.3 Å². The number of hydrogen-bond acceptors (Lipinski definition) is 5. The molecule has 0 saturated carbocycles. The number of nitrogen functional groups attached to an aromatic ring is 1. The number of likely N-dealkylation sites (tertiary alicyclic amines) is 1. The van der Waals surface area contributed by atoms with Gasteiger partial charge in [-0.2, -0.15) is 0 Å². The van der Waals surface area contributed by atoms with Gasteiger partial charge in [-0.3, -0.25) is 15.6 Å². The van der Waals surface area contributed by atoms with E-state index in [0.29, 0.717) is 17.9 Å². The van der Waals surface area contributed by atoms with Gasteiger partial charge < -0.3 is 15.6 Å². The first-order valence-corrected chi connectivity index (χ1v) is 7.08. The fourth-order valence-corrected chi connectivity index (χ4v) is 2.48. The van der Waals surface area contributed by atoms with Crippen LogP contribution < -0.4 is 16.6 Å². The lowest BCUT2D eigenvalue weighted by molar-refractivity contribution is 0.0944. The third-order valence-corrected chi connectivity index (χ3v) is 3.84. The summed E-state index contributed by atoms with van der Waals surface area (Å²) in [5, 5.41) is 2.93. The predicted molar refractivity (Wildman–Crippen MR) is 79.2 cm³/mol. The molecule has 6 nitrogen and oxygen atoms in total. The fraction of sp³-hybridized carbons (Fsp3) is 0.571. The van der Waals surface area contributed by atoms with Gasteiger partial charge in [0.2, 0.25) is 0 Å². The van der Waals surface area contributed by atoms with Gasteiger partial charge in [-0.1, -0.05) is 0 Å². The van der Waals surface area contributed by atoms with E-state index in [4.69, 9.17) is 5.84 Å². The lowest BCUT2D eigenvalue weighted by Crippen LogP contribution is -2.33. The van der Waals surface area contributed by atoms with Crippen molar-refractivity contribution in [1.82, 2.24) is 15.2 Å². The van der Waals surface area contributed by atoms with E-state index in [0.717, 1.165) is 25.4 Å². The minimum Gasteiger partial charge on any atom is -0.351 e. The zero-order valence-electron chi connectivity index (χ0n) is 11.9. The quantitative estimate of drug-likeness (QED) is 0.548. The molecule has 1 aliphatic heterocycles. The number of nitrogens with two attached hydrogens (primary N) is 1. The van der Waals surface area contributed by atoms with Crippen molar-refractivity contribution in [3.63, 3.8) is 0 Å². The Bertz CT molecular complexity index is 443. The number of amides is 1. The molecule has 0 spiro atoms. The molecular formula is C14H23N5O. The summed E-state index contributed by atoms with van der Waals surface area (Å²) in [6.07, 6.45) is 5.05. The molecule has 2 heterocycles. The average Bonchev–Trinajstić information content (AvgIpc) is 2.49. The van der Waals surface area contributed by atoms with Crippen molar-refractivity contribution in [2.24, 2.45) is 11.8 Å². The van der Waals surface area contributed by atoms with Gasteiger partial charge in [-0.05, 0) is 57.5 Å². The Morgan fingerprint density at radius 2 is 2.25 bits per heavy atom. The second kappa shape index (κ2) is 7.21. The summed E-state index contributed by atoms with van der Waals surface area (Å²) in [6.45, 7) is 3.02. The molecule has 20 heavy (non-hydrogen) atoms. The molecule has 1 fully saturated rings. The first-order chi connectivity index (χ1) is 9.69. The van der Waals surface area contributed by atoms with Crippen LogP contribution in [0.3, 0.4) is 0 Å². The molecule has 0 aromatic carbocycles. The van der Waals surface area contributed by atoms with Crippen LogP contribution in [0.25, 0.3) is 0 Å². The number of nitrogens with zero attached hydrogens (tertiary/aromatic N) is 2. The summed E-state index contributed by atoms with van der Waals surface area (Å²) in [7, 11) is 2.15. The Morgan fingerprint density at radius 3 is 2.95 bits per heavy atom. The van der Waals surface area contributed by atoms with Crippen LogP contribution in [0.1, 0.15) is 29.8 Å². The summed E-state index contributed by atoms with van der Waals surface area (Å²) in [6, 6.07) is 3.36. The third kappa shape index (κ3) is 4.18. The van der Waals surface area contributed by atoms with Gasteiger partial charge >= 0.3 is 0 Å². The first kappa shape index (κ1) is 14.7. The van der Waals surface area contributed by atoms with Crippen LogP contribution in [0, 0.1) is 5.92 Å². The molecule has 0 unspecified atom stereocenters. The van der Waals surface area contributed by atoms with Crippen molar-refractivity contribution in [2.45, 2.75) is 19.3 Å². The van der Waals surface area contributed by atoms with E-state index in [1.54, 1.807) is 18.3 Å². The normalized spacial score (nSPS) is 16.9. The summed E-state index contributed by atoms with van der Waals surface area (Å²) < 4.78 is 0. The molecule has 6 heteroatoms. The van der Waals surface area contributed by atoms with Crippen LogP contribution in [0.2, 0.25) is 0 Å². The molecule has 1 saturated heterocycles. The van der Waals surface area contributed by atoms with Gasteiger partial charge in [-0.15, -0.1) is 0 Å². The second-order valence-electron chi connectivity index (χ2n) is 5.37. The number of carbonyl (C=O) groups is 1. The summed E-state index contributed by atoms with van der Waals surface area (Å²) in [5.74, 6) is 5.89. The maximum Gasteiger partial charge on any atom is 0.269 e. The SMILES string of the molecule is CN1CCC(CCNC(=O)c2cc(NN)ccn2)CC1. The van der Waals surface area contributed by atoms with Crippen molar-refractivity contribution in [3.05, 3.63) is 24.0 Å². The van der Waals surface area contributed by atoms with E-state index in [1.807, 2.05) is 0 Å². The number of pyridine rings is 1. The molecular weight excluding hydrogens is 254 g/mol. The minimum atomic E-state index is -0.143. The van der Waals surface area contributed by atoms with Crippen molar-refractivity contribution >= 4 is 11.6 Å². The summed E-state index contributed by atoms with van der Waals surface area (Å²) >= 11 is 0. The van der Waals surface area contributed by atoms with Crippen LogP contribution in [0.5, 0.6) is 0 Å². The number of anilines is 1. The van der Waals surface area contributed by atoms with Gasteiger partial charge in [-0.25, -0.2) is 0 Å². The first-order valence-electron chi connectivity index (χ1n) is 7.08. The summed E-state index contributed by atoms with van der Waals surface area (Å²) in [4.78, 5) is 18.4. The monoisotopic (exact) mass is 277 g/mol. The Labute approximate surface area is 119 Å². The van der Waals surface area contributed by atoms with E-state index >= 15 is 0 Å². The smallest absolute Gasteiger partial charge is 0.269 e. The Hall–Kier alpha value is -1.66.